The van der Waals surface area contributed by atoms with Gasteiger partial charge in [0.05, 0.1) is 12.5 Å². The number of para-hydroxylation sites is 1. The first-order valence-corrected chi connectivity index (χ1v) is 7.30. The van der Waals surface area contributed by atoms with E-state index < -0.39 is 0 Å². The van der Waals surface area contributed by atoms with Gasteiger partial charge in [-0.2, -0.15) is 0 Å². The van der Waals surface area contributed by atoms with Gasteiger partial charge in [0.25, 0.3) is 0 Å². The Kier molecular flexibility index (Phi) is 4.72. The standard InChI is InChI=1S/C18H21ClO/c1-12-9-13(2)18(14(3)10-12)16(19)11-15-7-5-6-8-17(15)20-4/h5-10,16H,11H2,1-4H3. The summed E-state index contributed by atoms with van der Waals surface area (Å²) >= 11 is 6.68. The van der Waals surface area contributed by atoms with Crippen LogP contribution in [-0.4, -0.2) is 7.11 Å². The lowest BCUT2D eigenvalue weighted by atomic mass is 9.94. The van der Waals surface area contributed by atoms with Crippen LogP contribution < -0.4 is 4.74 Å². The molecular weight excluding hydrogens is 268 g/mol. The fourth-order valence-electron chi connectivity index (χ4n) is 2.85. The van der Waals surface area contributed by atoms with Crippen molar-refractivity contribution < 1.29 is 4.74 Å². The molecule has 0 fully saturated rings. The van der Waals surface area contributed by atoms with Gasteiger partial charge in [-0.3, -0.25) is 0 Å². The van der Waals surface area contributed by atoms with Crippen molar-refractivity contribution in [2.24, 2.45) is 0 Å². The number of halogens is 1. The zero-order valence-corrected chi connectivity index (χ0v) is 13.3. The summed E-state index contributed by atoms with van der Waals surface area (Å²) in [7, 11) is 1.70. The summed E-state index contributed by atoms with van der Waals surface area (Å²) in [4.78, 5) is 0. The van der Waals surface area contributed by atoms with Crippen LogP contribution in [0, 0.1) is 20.8 Å². The third-order valence-electron chi connectivity index (χ3n) is 3.64. The molecule has 106 valence electrons. The lowest BCUT2D eigenvalue weighted by molar-refractivity contribution is 0.409. The van der Waals surface area contributed by atoms with Gasteiger partial charge in [0.2, 0.25) is 0 Å². The van der Waals surface area contributed by atoms with E-state index in [2.05, 4.69) is 39.0 Å². The molecular formula is C18H21ClO. The molecule has 0 aliphatic carbocycles. The van der Waals surface area contributed by atoms with E-state index >= 15 is 0 Å². The van der Waals surface area contributed by atoms with E-state index in [1.807, 2.05) is 18.2 Å². The van der Waals surface area contributed by atoms with Crippen molar-refractivity contribution in [1.29, 1.82) is 0 Å². The Morgan fingerprint density at radius 2 is 1.65 bits per heavy atom. The van der Waals surface area contributed by atoms with Gasteiger partial charge in [0.1, 0.15) is 5.75 Å². The monoisotopic (exact) mass is 288 g/mol. The highest BCUT2D eigenvalue weighted by Crippen LogP contribution is 2.33. The molecule has 0 spiro atoms. The second-order valence-electron chi connectivity index (χ2n) is 5.30. The largest absolute Gasteiger partial charge is 0.496 e. The summed E-state index contributed by atoms with van der Waals surface area (Å²) in [5.41, 5.74) is 6.19. The van der Waals surface area contributed by atoms with Gasteiger partial charge in [-0.15, -0.1) is 11.6 Å². The quantitative estimate of drug-likeness (QED) is 0.708. The summed E-state index contributed by atoms with van der Waals surface area (Å²) < 4.78 is 5.40. The summed E-state index contributed by atoms with van der Waals surface area (Å²) in [5, 5.41) is -0.0353. The van der Waals surface area contributed by atoms with E-state index in [1.165, 1.54) is 22.3 Å². The van der Waals surface area contributed by atoms with Crippen molar-refractivity contribution in [3.8, 4) is 5.75 Å². The molecule has 0 aliphatic rings. The molecule has 0 N–H and O–H groups in total. The van der Waals surface area contributed by atoms with Gasteiger partial charge in [-0.05, 0) is 55.5 Å². The molecule has 0 saturated heterocycles. The van der Waals surface area contributed by atoms with Crippen molar-refractivity contribution in [2.75, 3.05) is 7.11 Å². The minimum Gasteiger partial charge on any atom is -0.496 e. The molecule has 20 heavy (non-hydrogen) atoms. The predicted octanol–water partition coefficient (Wildman–Crippen LogP) is 5.14. The van der Waals surface area contributed by atoms with Crippen LogP contribution in [-0.2, 0) is 6.42 Å². The van der Waals surface area contributed by atoms with E-state index in [0.717, 1.165) is 17.7 Å². The molecule has 0 saturated carbocycles. The predicted molar refractivity (Wildman–Crippen MR) is 85.9 cm³/mol. The third-order valence-corrected chi connectivity index (χ3v) is 4.02. The van der Waals surface area contributed by atoms with Crippen LogP contribution in [0.25, 0.3) is 0 Å². The van der Waals surface area contributed by atoms with Gasteiger partial charge in [0.15, 0.2) is 0 Å². The lowest BCUT2D eigenvalue weighted by Gasteiger charge is -2.18. The first-order chi connectivity index (χ1) is 9.52. The molecule has 2 rings (SSSR count). The fraction of sp³-hybridized carbons (Fsp3) is 0.333. The number of methoxy groups -OCH3 is 1. The van der Waals surface area contributed by atoms with Crippen molar-refractivity contribution >= 4 is 11.6 Å². The molecule has 2 aromatic carbocycles. The number of hydrogen-bond donors (Lipinski definition) is 0. The molecule has 1 nitrogen and oxygen atoms in total. The molecule has 0 radical (unpaired) electrons. The van der Waals surface area contributed by atoms with Crippen molar-refractivity contribution in [2.45, 2.75) is 32.6 Å². The van der Waals surface area contributed by atoms with E-state index in [0.29, 0.717) is 0 Å². The van der Waals surface area contributed by atoms with Crippen molar-refractivity contribution in [3.63, 3.8) is 0 Å². The Balaban J connectivity index is 2.31. The summed E-state index contributed by atoms with van der Waals surface area (Å²) in [6.07, 6.45) is 0.774. The van der Waals surface area contributed by atoms with E-state index in [4.69, 9.17) is 16.3 Å². The molecule has 1 atom stereocenters. The molecule has 0 aromatic heterocycles. The highest BCUT2D eigenvalue weighted by atomic mass is 35.5. The van der Waals surface area contributed by atoms with Crippen LogP contribution in [0.3, 0.4) is 0 Å². The Morgan fingerprint density at radius 1 is 1.05 bits per heavy atom. The van der Waals surface area contributed by atoms with Crippen LogP contribution >= 0.6 is 11.6 Å². The minimum atomic E-state index is -0.0353. The maximum absolute atomic E-state index is 6.68. The van der Waals surface area contributed by atoms with Gasteiger partial charge in [-0.25, -0.2) is 0 Å². The molecule has 2 heteroatoms. The average Bonchev–Trinajstić information content (AvgIpc) is 2.38. The van der Waals surface area contributed by atoms with Crippen LogP contribution in [0.2, 0.25) is 0 Å². The van der Waals surface area contributed by atoms with Crippen LogP contribution in [0.1, 0.15) is 33.2 Å². The Labute approximate surface area is 126 Å². The van der Waals surface area contributed by atoms with Gasteiger partial charge >= 0.3 is 0 Å². The van der Waals surface area contributed by atoms with Crippen LogP contribution in [0.4, 0.5) is 0 Å². The van der Waals surface area contributed by atoms with Gasteiger partial charge in [-0.1, -0.05) is 35.9 Å². The van der Waals surface area contributed by atoms with E-state index in [-0.39, 0.29) is 5.38 Å². The fourth-order valence-corrected chi connectivity index (χ4v) is 3.36. The molecule has 0 aliphatic heterocycles. The molecule has 0 amide bonds. The molecule has 0 bridgehead atoms. The number of aryl methyl sites for hydroxylation is 3. The first-order valence-electron chi connectivity index (χ1n) is 6.86. The SMILES string of the molecule is COc1ccccc1CC(Cl)c1c(C)cc(C)cc1C. The number of ether oxygens (including phenoxy) is 1. The first kappa shape index (κ1) is 14.9. The highest BCUT2D eigenvalue weighted by Gasteiger charge is 2.16. The topological polar surface area (TPSA) is 9.23 Å². The number of alkyl halides is 1. The normalized spacial score (nSPS) is 12.2. The Morgan fingerprint density at radius 3 is 2.25 bits per heavy atom. The summed E-state index contributed by atoms with van der Waals surface area (Å²) in [6.45, 7) is 6.38. The summed E-state index contributed by atoms with van der Waals surface area (Å²) in [6, 6.07) is 12.4. The minimum absolute atomic E-state index is 0.0353. The third kappa shape index (κ3) is 3.16. The second kappa shape index (κ2) is 6.32. The Bertz CT molecular complexity index is 581. The Hall–Kier alpha value is -1.47. The zero-order valence-electron chi connectivity index (χ0n) is 12.5. The number of rotatable bonds is 4. The second-order valence-corrected chi connectivity index (χ2v) is 5.82. The van der Waals surface area contributed by atoms with E-state index in [9.17, 15) is 0 Å². The summed E-state index contributed by atoms with van der Waals surface area (Å²) in [5.74, 6) is 0.903. The maximum atomic E-state index is 6.68. The van der Waals surface area contributed by atoms with Gasteiger partial charge < -0.3 is 4.74 Å². The van der Waals surface area contributed by atoms with Crippen LogP contribution in [0.15, 0.2) is 36.4 Å². The van der Waals surface area contributed by atoms with Crippen molar-refractivity contribution in [3.05, 3.63) is 64.2 Å². The maximum Gasteiger partial charge on any atom is 0.122 e. The molecule has 0 heterocycles. The smallest absolute Gasteiger partial charge is 0.122 e. The molecule has 1 unspecified atom stereocenters. The highest BCUT2D eigenvalue weighted by molar-refractivity contribution is 6.21. The van der Waals surface area contributed by atoms with Crippen LogP contribution in [0.5, 0.6) is 5.75 Å². The zero-order chi connectivity index (χ0) is 14.7. The van der Waals surface area contributed by atoms with Gasteiger partial charge in [0, 0.05) is 0 Å². The van der Waals surface area contributed by atoms with E-state index in [1.54, 1.807) is 7.11 Å². The number of benzene rings is 2. The number of hydrogen-bond acceptors (Lipinski definition) is 1. The lowest BCUT2D eigenvalue weighted by Crippen LogP contribution is -2.03. The average molecular weight is 289 g/mol. The van der Waals surface area contributed by atoms with Crippen molar-refractivity contribution in [1.82, 2.24) is 0 Å². The molecule has 2 aromatic rings.